The molecule has 46 heavy (non-hydrogen) atoms. The zero-order valence-electron chi connectivity index (χ0n) is 27.9. The number of methoxy groups -OCH3 is 1. The predicted molar refractivity (Wildman–Crippen MR) is 176 cm³/mol. The third-order valence-corrected chi connectivity index (χ3v) is 6.58. The number of nitrogens with zero attached hydrogens (tertiary/aromatic N) is 1. The fourth-order valence-electron chi connectivity index (χ4n) is 4.57. The van der Waals surface area contributed by atoms with E-state index in [0.29, 0.717) is 12.2 Å². The monoisotopic (exact) mass is 633 g/mol. The molecule has 2 atom stereocenters. The first kappa shape index (κ1) is 35.7. The Morgan fingerprint density at radius 1 is 0.696 bits per heavy atom. The second-order valence-corrected chi connectivity index (χ2v) is 13.0. The van der Waals surface area contributed by atoms with Crippen molar-refractivity contribution in [2.75, 3.05) is 13.7 Å². The van der Waals surface area contributed by atoms with Crippen LogP contribution in [0.2, 0.25) is 0 Å². The minimum Gasteiger partial charge on any atom is -0.497 e. The summed E-state index contributed by atoms with van der Waals surface area (Å²) < 4.78 is 22.3. The van der Waals surface area contributed by atoms with E-state index in [0.717, 1.165) is 16.7 Å². The third-order valence-electron chi connectivity index (χ3n) is 6.58. The van der Waals surface area contributed by atoms with Gasteiger partial charge in [0, 0.05) is 13.1 Å². The van der Waals surface area contributed by atoms with Crippen molar-refractivity contribution in [2.45, 2.75) is 84.4 Å². The van der Waals surface area contributed by atoms with Gasteiger partial charge in [-0.15, -0.1) is 0 Å². The highest BCUT2D eigenvalue weighted by Gasteiger charge is 2.33. The molecule has 0 fully saturated rings. The van der Waals surface area contributed by atoms with Gasteiger partial charge in [-0.05, 0) is 76.8 Å². The second kappa shape index (κ2) is 16.5. The van der Waals surface area contributed by atoms with Gasteiger partial charge in [0.05, 0.1) is 19.2 Å². The van der Waals surface area contributed by atoms with Gasteiger partial charge in [0.1, 0.15) is 23.6 Å². The Labute approximate surface area is 272 Å². The predicted octanol–water partition coefficient (Wildman–Crippen LogP) is 6.86. The van der Waals surface area contributed by atoms with Crippen molar-refractivity contribution in [3.63, 3.8) is 0 Å². The lowest BCUT2D eigenvalue weighted by atomic mass is 9.98. The Bertz CT molecular complexity index is 1400. The van der Waals surface area contributed by atoms with E-state index in [2.05, 4.69) is 10.6 Å². The fraction of sp³-hybridized carbons (Fsp3) is 0.417. The molecule has 0 radical (unpaired) electrons. The van der Waals surface area contributed by atoms with Crippen LogP contribution in [0.3, 0.4) is 0 Å². The van der Waals surface area contributed by atoms with Crippen molar-refractivity contribution in [3.8, 4) is 5.75 Å². The van der Waals surface area contributed by atoms with Gasteiger partial charge in [-0.3, -0.25) is 0 Å². The maximum Gasteiger partial charge on any atom is 0.410 e. The molecule has 0 aliphatic heterocycles. The van der Waals surface area contributed by atoms with E-state index >= 15 is 0 Å². The molecule has 0 bridgehead atoms. The lowest BCUT2D eigenvalue weighted by Crippen LogP contribution is -2.58. The van der Waals surface area contributed by atoms with E-state index in [1.54, 1.807) is 48.7 Å². The van der Waals surface area contributed by atoms with Crippen LogP contribution in [0, 0.1) is 0 Å². The SMILES string of the molecule is COc1cccc(CN(CC(NC(=O)OCc2ccccc2)[C@H](Cc2ccccc2)NC(=O)OC(C)(C)C)C(=O)OC(C)(C)C)c1. The molecule has 10 nitrogen and oxygen atoms in total. The lowest BCUT2D eigenvalue weighted by molar-refractivity contribution is 0.0198. The Balaban J connectivity index is 1.99. The molecule has 0 saturated carbocycles. The Kier molecular flexibility index (Phi) is 12.9. The summed E-state index contributed by atoms with van der Waals surface area (Å²) in [5, 5.41) is 5.87. The van der Waals surface area contributed by atoms with Crippen LogP contribution in [-0.2, 0) is 33.8 Å². The molecule has 3 aromatic carbocycles. The minimum atomic E-state index is -0.825. The smallest absolute Gasteiger partial charge is 0.410 e. The highest BCUT2D eigenvalue weighted by molar-refractivity contribution is 5.71. The molecule has 0 heterocycles. The van der Waals surface area contributed by atoms with E-state index in [4.69, 9.17) is 18.9 Å². The van der Waals surface area contributed by atoms with E-state index < -0.39 is 41.6 Å². The summed E-state index contributed by atoms with van der Waals surface area (Å²) in [5.74, 6) is 0.634. The number of carbonyl (C=O) groups excluding carboxylic acids is 3. The van der Waals surface area contributed by atoms with Crippen molar-refractivity contribution >= 4 is 18.3 Å². The summed E-state index contributed by atoms with van der Waals surface area (Å²) >= 11 is 0. The molecule has 248 valence electrons. The van der Waals surface area contributed by atoms with Gasteiger partial charge in [-0.1, -0.05) is 72.8 Å². The Morgan fingerprint density at radius 3 is 1.85 bits per heavy atom. The maximum absolute atomic E-state index is 13.7. The summed E-state index contributed by atoms with van der Waals surface area (Å²) in [6.07, 6.45) is -1.63. The van der Waals surface area contributed by atoms with Gasteiger partial charge in [0.15, 0.2) is 0 Å². The average molecular weight is 634 g/mol. The summed E-state index contributed by atoms with van der Waals surface area (Å²) in [6, 6.07) is 24.7. The Hall–Kier alpha value is -4.73. The van der Waals surface area contributed by atoms with E-state index in [9.17, 15) is 14.4 Å². The molecular weight excluding hydrogens is 586 g/mol. The van der Waals surface area contributed by atoms with Crippen LogP contribution in [0.15, 0.2) is 84.9 Å². The second-order valence-electron chi connectivity index (χ2n) is 13.0. The molecule has 1 unspecified atom stereocenters. The highest BCUT2D eigenvalue weighted by Crippen LogP contribution is 2.19. The van der Waals surface area contributed by atoms with Crippen LogP contribution >= 0.6 is 0 Å². The van der Waals surface area contributed by atoms with Gasteiger partial charge in [-0.2, -0.15) is 0 Å². The Morgan fingerprint density at radius 2 is 1.26 bits per heavy atom. The number of rotatable bonds is 12. The van der Waals surface area contributed by atoms with E-state index in [1.807, 2.05) is 84.9 Å². The first-order valence-corrected chi connectivity index (χ1v) is 15.3. The van der Waals surface area contributed by atoms with Crippen molar-refractivity contribution < 1.29 is 33.3 Å². The average Bonchev–Trinajstić information content (AvgIpc) is 2.98. The molecule has 0 aliphatic carbocycles. The van der Waals surface area contributed by atoms with E-state index in [-0.39, 0.29) is 19.7 Å². The number of hydrogen-bond acceptors (Lipinski definition) is 7. The molecule has 3 rings (SSSR count). The van der Waals surface area contributed by atoms with Crippen LogP contribution in [0.4, 0.5) is 14.4 Å². The quantitative estimate of drug-likeness (QED) is 0.209. The summed E-state index contributed by atoms with van der Waals surface area (Å²) in [4.78, 5) is 41.6. The number of alkyl carbamates (subject to hydrolysis) is 2. The molecule has 3 amide bonds. The van der Waals surface area contributed by atoms with Crippen LogP contribution < -0.4 is 15.4 Å². The number of carbonyl (C=O) groups is 3. The third kappa shape index (κ3) is 13.1. The summed E-state index contributed by atoms with van der Waals surface area (Å²) in [6.45, 7) is 10.8. The van der Waals surface area contributed by atoms with Gasteiger partial charge in [0.25, 0.3) is 0 Å². The molecule has 0 spiro atoms. The largest absolute Gasteiger partial charge is 0.497 e. The molecule has 0 saturated heterocycles. The normalized spacial score (nSPS) is 12.7. The lowest BCUT2D eigenvalue weighted by Gasteiger charge is -2.35. The van der Waals surface area contributed by atoms with Crippen molar-refractivity contribution in [1.82, 2.24) is 15.5 Å². The molecule has 0 aromatic heterocycles. The maximum atomic E-state index is 13.7. The highest BCUT2D eigenvalue weighted by atomic mass is 16.6. The fourth-order valence-corrected chi connectivity index (χ4v) is 4.57. The van der Waals surface area contributed by atoms with Crippen LogP contribution in [0.5, 0.6) is 5.75 Å². The number of hydrogen-bond donors (Lipinski definition) is 2. The first-order chi connectivity index (χ1) is 21.7. The van der Waals surface area contributed by atoms with Crippen molar-refractivity contribution in [3.05, 3.63) is 102 Å². The van der Waals surface area contributed by atoms with E-state index in [1.165, 1.54) is 4.90 Å². The topological polar surface area (TPSA) is 115 Å². The zero-order valence-corrected chi connectivity index (χ0v) is 27.9. The van der Waals surface area contributed by atoms with Crippen molar-refractivity contribution in [1.29, 1.82) is 0 Å². The van der Waals surface area contributed by atoms with Gasteiger partial charge in [-0.25, -0.2) is 14.4 Å². The molecular formula is C36H47N3O7. The van der Waals surface area contributed by atoms with Crippen LogP contribution in [0.25, 0.3) is 0 Å². The molecule has 10 heteroatoms. The minimum absolute atomic E-state index is 0.0279. The first-order valence-electron chi connectivity index (χ1n) is 15.3. The van der Waals surface area contributed by atoms with Gasteiger partial charge >= 0.3 is 18.3 Å². The standard InChI is InChI=1S/C36H47N3O7/c1-35(2,3)45-33(41)37-30(22-26-15-10-8-11-16-26)31(38-32(40)44-25-27-17-12-9-13-18-27)24-39(34(42)46-36(4,5)6)23-28-19-14-20-29(21-28)43-7/h8-21,30-31H,22-25H2,1-7H3,(H,37,41)(H,38,40)/t30-,31?/m0/s1. The van der Waals surface area contributed by atoms with Crippen LogP contribution in [0.1, 0.15) is 58.2 Å². The van der Waals surface area contributed by atoms with Gasteiger partial charge < -0.3 is 34.5 Å². The summed E-state index contributed by atoms with van der Waals surface area (Å²) in [7, 11) is 1.57. The van der Waals surface area contributed by atoms with Gasteiger partial charge in [0.2, 0.25) is 0 Å². The zero-order chi connectivity index (χ0) is 33.7. The molecule has 2 N–H and O–H groups in total. The molecule has 3 aromatic rings. The molecule has 0 aliphatic rings. The van der Waals surface area contributed by atoms with Crippen molar-refractivity contribution in [2.24, 2.45) is 0 Å². The number of ether oxygens (including phenoxy) is 4. The number of nitrogens with one attached hydrogen (secondary N) is 2. The van der Waals surface area contributed by atoms with Crippen LogP contribution in [-0.4, -0.2) is 60.1 Å². The number of amides is 3. The number of benzene rings is 3. The summed E-state index contributed by atoms with van der Waals surface area (Å²) in [5.41, 5.74) is 0.975.